The van der Waals surface area contributed by atoms with Crippen LogP contribution >= 0.6 is 0 Å². The van der Waals surface area contributed by atoms with E-state index in [1.165, 1.54) is 0 Å². The van der Waals surface area contributed by atoms with Gasteiger partial charge in [-0.3, -0.25) is 14.9 Å². The minimum absolute atomic E-state index is 0.00858. The van der Waals surface area contributed by atoms with Crippen LogP contribution in [0, 0.1) is 0 Å². The predicted molar refractivity (Wildman–Crippen MR) is 94.8 cm³/mol. The summed E-state index contributed by atoms with van der Waals surface area (Å²) in [5.41, 5.74) is 1.34. The molecule has 26 heavy (non-hydrogen) atoms. The van der Waals surface area contributed by atoms with Gasteiger partial charge >= 0.3 is 6.01 Å². The van der Waals surface area contributed by atoms with Crippen LogP contribution in [0.3, 0.4) is 0 Å². The Bertz CT molecular complexity index is 924. The molecule has 2 amide bonds. The Morgan fingerprint density at radius 2 is 1.73 bits per heavy atom. The molecule has 1 atom stereocenters. The van der Waals surface area contributed by atoms with Crippen LogP contribution in [0.4, 0.5) is 11.7 Å². The van der Waals surface area contributed by atoms with Gasteiger partial charge in [0.1, 0.15) is 0 Å². The first-order valence-corrected chi connectivity index (χ1v) is 8.26. The highest BCUT2D eigenvalue weighted by Gasteiger charge is 2.35. The van der Waals surface area contributed by atoms with Gasteiger partial charge in [-0.05, 0) is 24.3 Å². The van der Waals surface area contributed by atoms with E-state index in [2.05, 4.69) is 15.5 Å². The average Bonchev–Trinajstić information content (AvgIpc) is 3.30. The minimum atomic E-state index is -0.325. The van der Waals surface area contributed by atoms with Crippen molar-refractivity contribution in [2.24, 2.45) is 0 Å². The molecule has 3 aromatic rings. The number of amides is 2. The molecule has 2 aromatic carbocycles. The molecular formula is C19H16N4O3. The van der Waals surface area contributed by atoms with Crippen LogP contribution in [0.2, 0.25) is 0 Å². The molecule has 0 aliphatic carbocycles. The van der Waals surface area contributed by atoms with Gasteiger partial charge in [0, 0.05) is 24.2 Å². The number of benzene rings is 2. The third kappa shape index (κ3) is 3.19. The van der Waals surface area contributed by atoms with Crippen molar-refractivity contribution in [2.45, 2.75) is 12.3 Å². The van der Waals surface area contributed by atoms with Crippen molar-refractivity contribution in [2.75, 3.05) is 16.8 Å². The van der Waals surface area contributed by atoms with E-state index in [0.29, 0.717) is 24.4 Å². The van der Waals surface area contributed by atoms with Gasteiger partial charge in [0.2, 0.25) is 11.8 Å². The highest BCUT2D eigenvalue weighted by molar-refractivity contribution is 6.03. The summed E-state index contributed by atoms with van der Waals surface area (Å²) in [7, 11) is 0. The lowest BCUT2D eigenvalue weighted by molar-refractivity contribution is -0.117. The van der Waals surface area contributed by atoms with E-state index in [-0.39, 0.29) is 23.7 Å². The molecule has 1 aliphatic rings. The number of anilines is 2. The number of hydrogen-bond donors (Lipinski definition) is 1. The van der Waals surface area contributed by atoms with Gasteiger partial charge in [0.15, 0.2) is 0 Å². The molecule has 7 heteroatoms. The lowest BCUT2D eigenvalue weighted by Gasteiger charge is -2.15. The molecule has 1 fully saturated rings. The Morgan fingerprint density at radius 1 is 1.04 bits per heavy atom. The van der Waals surface area contributed by atoms with Crippen LogP contribution in [-0.4, -0.2) is 28.6 Å². The zero-order valence-corrected chi connectivity index (χ0v) is 13.8. The van der Waals surface area contributed by atoms with Gasteiger partial charge in [0.25, 0.3) is 5.91 Å². The van der Waals surface area contributed by atoms with Gasteiger partial charge in [-0.25, -0.2) is 0 Å². The van der Waals surface area contributed by atoms with E-state index >= 15 is 0 Å². The highest BCUT2D eigenvalue weighted by Crippen LogP contribution is 2.31. The van der Waals surface area contributed by atoms with Crippen molar-refractivity contribution >= 4 is 23.5 Å². The monoisotopic (exact) mass is 348 g/mol. The molecule has 7 nitrogen and oxygen atoms in total. The van der Waals surface area contributed by atoms with Crippen molar-refractivity contribution in [1.29, 1.82) is 0 Å². The molecule has 1 aliphatic heterocycles. The zero-order chi connectivity index (χ0) is 17.9. The molecule has 2 heterocycles. The molecule has 0 saturated carbocycles. The van der Waals surface area contributed by atoms with Crippen LogP contribution in [0.1, 0.15) is 28.6 Å². The van der Waals surface area contributed by atoms with Crippen molar-refractivity contribution in [3.8, 4) is 0 Å². The molecule has 0 unspecified atom stereocenters. The number of rotatable bonds is 4. The second kappa shape index (κ2) is 6.79. The fourth-order valence-corrected chi connectivity index (χ4v) is 2.94. The van der Waals surface area contributed by atoms with Crippen LogP contribution < -0.4 is 10.2 Å². The van der Waals surface area contributed by atoms with E-state index < -0.39 is 0 Å². The van der Waals surface area contributed by atoms with Crippen LogP contribution in [0.5, 0.6) is 0 Å². The topological polar surface area (TPSA) is 88.3 Å². The second-order valence-electron chi connectivity index (χ2n) is 6.01. The lowest BCUT2D eigenvalue weighted by Crippen LogP contribution is -2.24. The van der Waals surface area contributed by atoms with Gasteiger partial charge < -0.3 is 9.32 Å². The molecular weight excluding hydrogens is 332 g/mol. The van der Waals surface area contributed by atoms with Gasteiger partial charge in [-0.2, -0.15) is 0 Å². The Balaban J connectivity index is 1.45. The number of carbonyl (C=O) groups is 2. The fourth-order valence-electron chi connectivity index (χ4n) is 2.94. The van der Waals surface area contributed by atoms with E-state index in [4.69, 9.17) is 4.42 Å². The summed E-state index contributed by atoms with van der Waals surface area (Å²) >= 11 is 0. The Hall–Kier alpha value is -3.48. The summed E-state index contributed by atoms with van der Waals surface area (Å²) in [5.74, 6) is -0.166. The Kier molecular flexibility index (Phi) is 4.18. The lowest BCUT2D eigenvalue weighted by atomic mass is 10.1. The van der Waals surface area contributed by atoms with Crippen LogP contribution in [-0.2, 0) is 4.79 Å². The number of nitrogens with zero attached hydrogens (tertiary/aromatic N) is 3. The van der Waals surface area contributed by atoms with Crippen molar-refractivity contribution in [3.05, 3.63) is 72.1 Å². The highest BCUT2D eigenvalue weighted by atomic mass is 16.4. The summed E-state index contributed by atoms with van der Waals surface area (Å²) in [6.07, 6.45) is 0.295. The summed E-state index contributed by atoms with van der Waals surface area (Å²) in [4.78, 5) is 26.1. The summed E-state index contributed by atoms with van der Waals surface area (Å²) in [6, 6.07) is 18.3. The normalized spacial score (nSPS) is 16.7. The first-order chi connectivity index (χ1) is 12.7. The van der Waals surface area contributed by atoms with E-state index in [0.717, 1.165) is 5.69 Å². The molecule has 0 bridgehead atoms. The maximum absolute atomic E-state index is 12.3. The number of hydrogen-bond acceptors (Lipinski definition) is 5. The quantitative estimate of drug-likeness (QED) is 0.783. The van der Waals surface area contributed by atoms with Gasteiger partial charge in [-0.15, -0.1) is 5.10 Å². The van der Waals surface area contributed by atoms with Crippen LogP contribution in [0.15, 0.2) is 65.1 Å². The fraction of sp³-hybridized carbons (Fsp3) is 0.158. The summed E-state index contributed by atoms with van der Waals surface area (Å²) < 4.78 is 5.56. The zero-order valence-electron chi connectivity index (χ0n) is 13.8. The van der Waals surface area contributed by atoms with Crippen molar-refractivity contribution in [1.82, 2.24) is 10.2 Å². The number of nitrogens with one attached hydrogen (secondary N) is 1. The standard InChI is InChI=1S/C19H16N4O3/c24-16-11-14(12-23(16)15-9-5-2-6-10-15)18-21-22-19(26-18)20-17(25)13-7-3-1-4-8-13/h1-10,14H,11-12H2,(H,20,22,25)/t14-/m0/s1. The first kappa shape index (κ1) is 16.0. The predicted octanol–water partition coefficient (Wildman–Crippen LogP) is 2.84. The molecule has 1 saturated heterocycles. The number of carbonyl (C=O) groups excluding carboxylic acids is 2. The van der Waals surface area contributed by atoms with Crippen LogP contribution in [0.25, 0.3) is 0 Å². The minimum Gasteiger partial charge on any atom is -0.407 e. The molecule has 4 rings (SSSR count). The maximum atomic E-state index is 12.3. The molecule has 1 aromatic heterocycles. The average molecular weight is 348 g/mol. The SMILES string of the molecule is O=C(Nc1nnc([C@H]2CC(=O)N(c3ccccc3)C2)o1)c1ccccc1. The summed E-state index contributed by atoms with van der Waals surface area (Å²) in [5, 5.41) is 10.4. The molecule has 1 N–H and O–H groups in total. The molecule has 130 valence electrons. The van der Waals surface area contributed by atoms with E-state index in [1.807, 2.05) is 36.4 Å². The number of aromatic nitrogens is 2. The van der Waals surface area contributed by atoms with Gasteiger partial charge in [-0.1, -0.05) is 41.5 Å². The second-order valence-corrected chi connectivity index (χ2v) is 6.01. The Morgan fingerprint density at radius 3 is 2.46 bits per heavy atom. The largest absolute Gasteiger partial charge is 0.407 e. The van der Waals surface area contributed by atoms with E-state index in [9.17, 15) is 9.59 Å². The number of para-hydroxylation sites is 1. The first-order valence-electron chi connectivity index (χ1n) is 8.26. The smallest absolute Gasteiger partial charge is 0.322 e. The molecule has 0 radical (unpaired) electrons. The van der Waals surface area contributed by atoms with Crippen molar-refractivity contribution < 1.29 is 14.0 Å². The third-order valence-corrected chi connectivity index (χ3v) is 4.24. The third-order valence-electron chi connectivity index (χ3n) is 4.24. The van der Waals surface area contributed by atoms with E-state index in [1.54, 1.807) is 29.2 Å². The maximum Gasteiger partial charge on any atom is 0.322 e. The molecule has 0 spiro atoms. The summed E-state index contributed by atoms with van der Waals surface area (Å²) in [6.45, 7) is 0.469. The van der Waals surface area contributed by atoms with Crippen molar-refractivity contribution in [3.63, 3.8) is 0 Å². The Labute approximate surface area is 149 Å². The van der Waals surface area contributed by atoms with Gasteiger partial charge in [0.05, 0.1) is 5.92 Å².